The topological polar surface area (TPSA) is 110 Å². The Hall–Kier alpha value is -14.0. The molecular weight excluding hydrogens is 2290 g/mol. The summed E-state index contributed by atoms with van der Waals surface area (Å²) >= 11 is 0. The van der Waals surface area contributed by atoms with E-state index in [1.165, 1.54) is 72.0 Å². The number of para-hydroxylation sites is 3. The molecule has 0 amide bonds. The van der Waals surface area contributed by atoms with E-state index in [-0.39, 0.29) is 89.3 Å². The Balaban J connectivity index is 0.000000146. The molecular formula is C122H107B3N15Pt3-9. The molecule has 0 fully saturated rings. The van der Waals surface area contributed by atoms with Crippen LogP contribution in [0.3, 0.4) is 0 Å². The number of aryl methyl sites for hydroxylation is 10. The molecule has 13 aromatic carbocycles. The zero-order valence-corrected chi connectivity index (χ0v) is 88.6. The number of aromatic nitrogens is 6. The van der Waals surface area contributed by atoms with Crippen molar-refractivity contribution in [2.75, 3.05) is 29.7 Å². The maximum absolute atomic E-state index is 5.23. The Labute approximate surface area is 887 Å². The van der Waals surface area contributed by atoms with Crippen molar-refractivity contribution in [1.29, 1.82) is 0 Å². The maximum atomic E-state index is 5.23. The predicted octanol–water partition coefficient (Wildman–Crippen LogP) is 20.1. The van der Waals surface area contributed by atoms with Crippen LogP contribution in [0.25, 0.3) is 28.2 Å². The summed E-state index contributed by atoms with van der Waals surface area (Å²) in [4.78, 5) is 6.13. The normalized spacial score (nSPS) is 15.3. The number of rotatable bonds is 22. The van der Waals surface area contributed by atoms with Crippen molar-refractivity contribution in [3.8, 4) is 28.2 Å². The van der Waals surface area contributed by atoms with Crippen molar-refractivity contribution in [2.45, 2.75) is 113 Å². The third kappa shape index (κ3) is 22.4. The van der Waals surface area contributed by atoms with Crippen LogP contribution in [0, 0.1) is 126 Å². The SMILES string of the molecule is CC1=NN(c2[c-]c(B(c3[c-]c(-n4cc(C)c([C@@H]5C=CC=CC5)n4)ccc3)c3c(C)cc(C)cc3C)ccc2)[CH-]N1c1ccccc1.Cc1cc(C)c(B(c2[c-]c(N3[CH-]N(c4ccccc4)C=N3)ccc2)c2[c-]c(-n3cc(-c4ccccc4)c([C@@H]4C=CC=CC4)n3)ccc2)c(C)c1.Cc1cc(C)c(B(c2[c-]c(N3[CH-]N(c4ccccc4)C=N3)ccc2)c2[c-]c(-n3ccc([C@@H]4C=CC=CC4)n3)ccc2)c(C)c1.[Pt].[Pt].[Pt]. The fourth-order valence-corrected chi connectivity index (χ4v) is 20.3. The summed E-state index contributed by atoms with van der Waals surface area (Å²) in [5.41, 5.74) is 36.8. The smallest absolute Gasteiger partial charge is 0.192 e. The second-order valence-electron chi connectivity index (χ2n) is 36.9. The summed E-state index contributed by atoms with van der Waals surface area (Å²) in [5.74, 6) is 1.71. The van der Waals surface area contributed by atoms with E-state index in [1.54, 1.807) is 0 Å². The Kier molecular flexibility index (Phi) is 32.0. The zero-order valence-electron chi connectivity index (χ0n) is 81.8. The average Bonchev–Trinajstić information content (AvgIpc) is 1.64. The summed E-state index contributed by atoms with van der Waals surface area (Å²) in [6, 6.07) is 118. The molecule has 0 radical (unpaired) electrons. The van der Waals surface area contributed by atoms with Gasteiger partial charge in [0.15, 0.2) is 20.1 Å². The van der Waals surface area contributed by atoms with Gasteiger partial charge < -0.3 is 29.7 Å². The molecule has 0 spiro atoms. The van der Waals surface area contributed by atoms with Crippen LogP contribution in [0.2, 0.25) is 0 Å². The first-order chi connectivity index (χ1) is 68.4. The third-order valence-corrected chi connectivity index (χ3v) is 26.7. The number of nitrogens with zero attached hydrogens (tertiary/aromatic N) is 15. The minimum Gasteiger partial charge on any atom is -0.463 e. The van der Waals surface area contributed by atoms with E-state index in [2.05, 4.69) is 419 Å². The number of hydrazone groups is 3. The number of benzene rings is 13. The van der Waals surface area contributed by atoms with Crippen molar-refractivity contribution in [3.63, 3.8) is 0 Å². The van der Waals surface area contributed by atoms with E-state index >= 15 is 0 Å². The molecule has 0 saturated heterocycles. The molecule has 15 nitrogen and oxygen atoms in total. The number of allylic oxidation sites excluding steroid dienone is 12. The van der Waals surface area contributed by atoms with Crippen molar-refractivity contribution in [2.24, 2.45) is 15.3 Å². The fraction of sp³-hybridized carbons (Fsp3) is 0.139. The maximum Gasteiger partial charge on any atom is 0.192 e. The molecule has 21 heteroatoms. The van der Waals surface area contributed by atoms with Crippen LogP contribution in [-0.4, -0.2) is 68.0 Å². The summed E-state index contributed by atoms with van der Waals surface area (Å²) in [6.45, 7) is 29.7. The van der Waals surface area contributed by atoms with Crippen LogP contribution in [0.5, 0.6) is 0 Å². The molecule has 3 aromatic heterocycles. The van der Waals surface area contributed by atoms with Gasteiger partial charge in [0.05, 0.1) is 35.6 Å². The first-order valence-corrected chi connectivity index (χ1v) is 48.1. The van der Waals surface area contributed by atoms with E-state index in [9.17, 15) is 0 Å². The van der Waals surface area contributed by atoms with Crippen LogP contribution in [0.1, 0.15) is 117 Å². The van der Waals surface area contributed by atoms with Gasteiger partial charge in [0.25, 0.3) is 0 Å². The van der Waals surface area contributed by atoms with Crippen molar-refractivity contribution in [3.05, 3.63) is 494 Å². The molecule has 3 aliphatic heterocycles. The average molecular weight is 2400 g/mol. The molecule has 0 saturated carbocycles. The van der Waals surface area contributed by atoms with Gasteiger partial charge in [-0.15, -0.1) is 56.4 Å². The van der Waals surface area contributed by atoms with E-state index in [0.717, 1.165) is 137 Å². The largest absolute Gasteiger partial charge is 0.463 e. The van der Waals surface area contributed by atoms with E-state index < -0.39 is 0 Å². The predicted molar refractivity (Wildman–Crippen MR) is 583 cm³/mol. The minimum atomic E-state index is -0.109. The van der Waals surface area contributed by atoms with Gasteiger partial charge in [-0.1, -0.05) is 278 Å². The van der Waals surface area contributed by atoms with E-state index in [0.29, 0.717) is 11.8 Å². The molecule has 0 N–H and O–H groups in total. The monoisotopic (exact) mass is 2400 g/mol. The molecule has 143 heavy (non-hydrogen) atoms. The number of hydrogen-bond donors (Lipinski definition) is 0. The molecule has 16 aromatic rings. The second-order valence-corrected chi connectivity index (χ2v) is 36.9. The standard InChI is InChI=1S/C44H37BN5.C40H37BN5.C38H33BN5.3Pt/c1-32-25-33(2)43(34(3)26-32)45(38-20-14-24-41(28-38)50-31-48(30-46-50)39-21-11-6-12-22-39)37-19-13-23-40(27-37)49-29-42(35-15-7-4-8-16-35)44(47-49)36-17-9-5-10-18-36;1-28-22-29(2)39(30(3)23-28)41(34-16-12-20-37(24-34)45-26-31(4)40(43-45)33-14-8-6-9-15-33)35-17-13-21-38(25-35)46-27-44(32(5)42-46)36-18-10-7-11-19-36;1-28-22-29(2)38(30(3)23-28)39(32-14-10-18-35(24-32)43-21-20-37(41-43)31-12-6-4-7-13-31)33-15-11-19-36(25-33)44-27-42(26-40-44)34-16-8-5-9-17-34;;;/h4-17,19-26,29-31,36H,18H2,1-3H3;6-14,16-23,26-27,33H,15H2,1-5H3;4-12,14-23,26-27,31H,13H2,1-3H3;;;/q3*-3;;;/t36-;33-;31-;;;/m111.../s1. The van der Waals surface area contributed by atoms with Gasteiger partial charge in [-0.3, -0.25) is 14.0 Å². The molecule has 718 valence electrons. The van der Waals surface area contributed by atoms with Crippen molar-refractivity contribution in [1.82, 2.24) is 29.3 Å². The van der Waals surface area contributed by atoms with Crippen LogP contribution in [-0.2, 0) is 63.2 Å². The van der Waals surface area contributed by atoms with E-state index in [4.69, 9.17) is 25.5 Å². The Morgan fingerprint density at radius 3 is 1.05 bits per heavy atom. The number of amidine groups is 1. The summed E-state index contributed by atoms with van der Waals surface area (Å²) < 4.78 is 5.94. The van der Waals surface area contributed by atoms with E-state index in [1.807, 2.05) is 139 Å². The van der Waals surface area contributed by atoms with Gasteiger partial charge in [0, 0.05) is 122 Å². The Morgan fingerprint density at radius 1 is 0.308 bits per heavy atom. The quantitative estimate of drug-likeness (QED) is 0.0484. The molecule has 6 aliphatic rings. The van der Waals surface area contributed by atoms with Gasteiger partial charge in [0.2, 0.25) is 0 Å². The van der Waals surface area contributed by atoms with Crippen molar-refractivity contribution < 1.29 is 63.2 Å². The Bertz CT molecular complexity index is 7460. The van der Waals surface area contributed by atoms with Gasteiger partial charge in [-0.25, -0.2) is 0 Å². The summed E-state index contributed by atoms with van der Waals surface area (Å²) in [5, 5.41) is 35.2. The molecule has 6 heterocycles. The third-order valence-electron chi connectivity index (χ3n) is 26.7. The summed E-state index contributed by atoms with van der Waals surface area (Å²) in [6.07, 6.45) is 38.9. The molecule has 3 aliphatic carbocycles. The fourth-order valence-electron chi connectivity index (χ4n) is 20.3. The number of anilines is 6. The first kappa shape index (κ1) is 101. The van der Waals surface area contributed by atoms with Gasteiger partial charge in [-0.2, -0.15) is 173 Å². The van der Waals surface area contributed by atoms with Crippen molar-refractivity contribution >= 4 is 122 Å². The van der Waals surface area contributed by atoms with Gasteiger partial charge >= 0.3 is 0 Å². The van der Waals surface area contributed by atoms with Crippen LogP contribution in [0.15, 0.2) is 380 Å². The molecule has 0 unspecified atom stereocenters. The summed E-state index contributed by atoms with van der Waals surface area (Å²) in [7, 11) is 0. The zero-order chi connectivity index (χ0) is 95.9. The molecule has 22 rings (SSSR count). The number of hydrogen-bond acceptors (Lipinski definition) is 12. The Morgan fingerprint density at radius 2 is 0.650 bits per heavy atom. The molecule has 0 bridgehead atoms. The van der Waals surface area contributed by atoms with Gasteiger partial charge in [-0.05, 0) is 166 Å². The second kappa shape index (κ2) is 45.5. The first-order valence-electron chi connectivity index (χ1n) is 48.1. The van der Waals surface area contributed by atoms with Gasteiger partial charge in [0.1, 0.15) is 0 Å². The van der Waals surface area contributed by atoms with Crippen LogP contribution < -0.4 is 78.9 Å². The van der Waals surface area contributed by atoms with Crippen LogP contribution >= 0.6 is 0 Å². The molecule has 3 atom stereocenters. The minimum absolute atomic E-state index is 0. The van der Waals surface area contributed by atoms with Crippen LogP contribution in [0.4, 0.5) is 34.1 Å².